The van der Waals surface area contributed by atoms with Gasteiger partial charge < -0.3 is 25.6 Å². The molecule has 2 aromatic rings. The molecule has 0 aromatic heterocycles. The van der Waals surface area contributed by atoms with E-state index in [9.17, 15) is 29.1 Å². The number of carbonyl (C=O) groups excluding carboxylic acids is 4. The van der Waals surface area contributed by atoms with Crippen LogP contribution >= 0.6 is 0 Å². The lowest BCUT2D eigenvalue weighted by Gasteiger charge is -2.50. The van der Waals surface area contributed by atoms with Crippen molar-refractivity contribution < 1.29 is 38.6 Å². The first-order chi connectivity index (χ1) is 17.0. The summed E-state index contributed by atoms with van der Waals surface area (Å²) in [6.45, 7) is 4.00. The molecule has 0 spiro atoms. The summed E-state index contributed by atoms with van der Waals surface area (Å²) in [5.74, 6) is -2.74. The van der Waals surface area contributed by atoms with Crippen molar-refractivity contribution in [1.29, 1.82) is 0 Å². The van der Waals surface area contributed by atoms with Crippen LogP contribution in [0.4, 0.5) is 15.3 Å². The van der Waals surface area contributed by atoms with Gasteiger partial charge in [-0.05, 0) is 36.2 Å². The van der Waals surface area contributed by atoms with Crippen LogP contribution in [-0.4, -0.2) is 52.7 Å². The zero-order valence-electron chi connectivity index (χ0n) is 19.9. The number of hydrogen-bond donors (Lipinski definition) is 3. The number of benzene rings is 2. The molecule has 0 saturated carbocycles. The second-order valence-electron chi connectivity index (χ2n) is 7.98. The zero-order chi connectivity index (χ0) is 26.6. The number of para-hydroxylation sites is 1. The molecule has 1 fully saturated rings. The molecule has 2 aromatic carbocycles. The van der Waals surface area contributed by atoms with Crippen LogP contribution in [0.3, 0.4) is 0 Å². The van der Waals surface area contributed by atoms with Crippen molar-refractivity contribution in [2.24, 2.45) is 5.73 Å². The van der Waals surface area contributed by atoms with Crippen LogP contribution in [-0.2, 0) is 19.9 Å². The Morgan fingerprint density at radius 3 is 2.19 bits per heavy atom. The van der Waals surface area contributed by atoms with Crippen molar-refractivity contribution in [1.82, 2.24) is 10.2 Å². The predicted molar refractivity (Wildman–Crippen MR) is 126 cm³/mol. The van der Waals surface area contributed by atoms with Gasteiger partial charge in [0.15, 0.2) is 17.0 Å². The van der Waals surface area contributed by atoms with E-state index in [1.807, 2.05) is 0 Å². The third-order valence-electron chi connectivity index (χ3n) is 5.43. The number of nitrogens with one attached hydrogen (secondary N) is 1. The zero-order valence-corrected chi connectivity index (χ0v) is 19.9. The molecular formula is C24H26N4O8. The van der Waals surface area contributed by atoms with E-state index in [0.717, 1.165) is 23.6 Å². The maximum atomic E-state index is 13.8. The minimum absolute atomic E-state index is 0.0148. The highest BCUT2D eigenvalue weighted by atomic mass is 16.6. The lowest BCUT2D eigenvalue weighted by atomic mass is 9.82. The van der Waals surface area contributed by atoms with E-state index in [1.165, 1.54) is 18.2 Å². The summed E-state index contributed by atoms with van der Waals surface area (Å²) in [4.78, 5) is 64.5. The average Bonchev–Trinajstić information content (AvgIpc) is 2.81. The number of hydrogen-bond acceptors (Lipinski definition) is 8. The van der Waals surface area contributed by atoms with Gasteiger partial charge in [-0.15, -0.1) is 0 Å². The van der Waals surface area contributed by atoms with Gasteiger partial charge in [0.25, 0.3) is 5.91 Å². The maximum Gasteiger partial charge on any atom is 0.405 e. The second kappa shape index (κ2) is 10.4. The monoisotopic (exact) mass is 498 g/mol. The molecule has 0 radical (unpaired) electrons. The molecule has 1 saturated heterocycles. The molecule has 1 heterocycles. The van der Waals surface area contributed by atoms with Crippen LogP contribution in [0.5, 0.6) is 11.5 Å². The Balaban J connectivity index is 2.30. The molecule has 0 bridgehead atoms. The minimum atomic E-state index is -2.21. The lowest BCUT2D eigenvalue weighted by molar-refractivity contribution is -0.138. The van der Waals surface area contributed by atoms with Gasteiger partial charge >= 0.3 is 24.1 Å². The van der Waals surface area contributed by atoms with Gasteiger partial charge in [-0.3, -0.25) is 24.2 Å². The van der Waals surface area contributed by atoms with E-state index >= 15 is 0 Å². The van der Waals surface area contributed by atoms with Crippen molar-refractivity contribution >= 4 is 35.7 Å². The van der Waals surface area contributed by atoms with Gasteiger partial charge in [-0.1, -0.05) is 31.2 Å². The molecule has 36 heavy (non-hydrogen) atoms. The van der Waals surface area contributed by atoms with Gasteiger partial charge in [0.05, 0.1) is 0 Å². The van der Waals surface area contributed by atoms with E-state index in [2.05, 4.69) is 5.32 Å². The molecule has 4 N–H and O–H groups in total. The molecule has 1 aliphatic heterocycles. The van der Waals surface area contributed by atoms with E-state index in [4.69, 9.17) is 15.2 Å². The Labute approximate surface area is 206 Å². The molecule has 190 valence electrons. The summed E-state index contributed by atoms with van der Waals surface area (Å²) in [5.41, 5.74) is 4.60. The number of nitrogens with zero attached hydrogens (tertiary/aromatic N) is 2. The molecule has 0 aliphatic carbocycles. The smallest absolute Gasteiger partial charge is 0.405 e. The summed E-state index contributed by atoms with van der Waals surface area (Å²) in [7, 11) is 0. The fraction of sp³-hybridized carbons (Fsp3) is 0.292. The minimum Gasteiger partial charge on any atom is -0.465 e. The normalized spacial score (nSPS) is 19.6. The summed E-state index contributed by atoms with van der Waals surface area (Å²) in [5, 5.41) is 12.0. The van der Waals surface area contributed by atoms with Crippen LogP contribution in [0.15, 0.2) is 48.5 Å². The van der Waals surface area contributed by atoms with Gasteiger partial charge in [0.1, 0.15) is 6.17 Å². The van der Waals surface area contributed by atoms with Crippen LogP contribution in [0, 0.1) is 0 Å². The quantitative estimate of drug-likeness (QED) is 0.382. The first-order valence-corrected chi connectivity index (χ1v) is 11.0. The van der Waals surface area contributed by atoms with Gasteiger partial charge in [0.2, 0.25) is 0 Å². The third kappa shape index (κ3) is 4.84. The van der Waals surface area contributed by atoms with Crippen molar-refractivity contribution in [2.75, 3.05) is 11.4 Å². The Bertz CT molecular complexity index is 1200. The molecule has 2 unspecified atom stereocenters. The Morgan fingerprint density at radius 2 is 1.64 bits per heavy atom. The van der Waals surface area contributed by atoms with Crippen molar-refractivity contribution in [3.63, 3.8) is 0 Å². The highest BCUT2D eigenvalue weighted by molar-refractivity contribution is 6.11. The van der Waals surface area contributed by atoms with Crippen LogP contribution < -0.4 is 25.4 Å². The number of urea groups is 1. The summed E-state index contributed by atoms with van der Waals surface area (Å²) >= 11 is 0. The Hall–Kier alpha value is -4.45. The number of amides is 4. The number of rotatable bonds is 7. The number of imide groups is 1. The first-order valence-electron chi connectivity index (χ1n) is 11.0. The number of anilines is 1. The Kier molecular flexibility index (Phi) is 7.59. The summed E-state index contributed by atoms with van der Waals surface area (Å²) in [6, 6.07) is 11.2. The standard InChI is InChI=1S/C24H26N4O8/c1-4-12-27-21(31)24(26-22(32)33,20(25)28(23(27)34)17-8-6-5-7-9-17)16-10-11-18(35-14(2)29)19(13-16)36-15(3)30/h5-11,13,20,26H,4,12,25H2,1-3H3,(H,32,33). The predicted octanol–water partition coefficient (Wildman–Crippen LogP) is 2.16. The molecule has 2 atom stereocenters. The molecule has 1 aliphatic rings. The van der Waals surface area contributed by atoms with E-state index in [1.54, 1.807) is 37.3 Å². The molecule has 12 nitrogen and oxygen atoms in total. The average molecular weight is 498 g/mol. The van der Waals surface area contributed by atoms with E-state index < -0.39 is 41.7 Å². The van der Waals surface area contributed by atoms with Gasteiger partial charge in [0, 0.05) is 26.1 Å². The largest absolute Gasteiger partial charge is 0.465 e. The third-order valence-corrected chi connectivity index (χ3v) is 5.43. The number of ether oxygens (including phenoxy) is 2. The first kappa shape index (κ1) is 26.2. The van der Waals surface area contributed by atoms with Crippen LogP contribution in [0.1, 0.15) is 32.8 Å². The van der Waals surface area contributed by atoms with E-state index in [-0.39, 0.29) is 23.6 Å². The van der Waals surface area contributed by atoms with Gasteiger partial charge in [-0.25, -0.2) is 9.59 Å². The molecule has 3 rings (SSSR count). The number of carboxylic acid groups (broad SMARTS) is 1. The Morgan fingerprint density at radius 1 is 1.03 bits per heavy atom. The second-order valence-corrected chi connectivity index (χ2v) is 7.98. The molecule has 4 amide bonds. The number of esters is 2. The highest BCUT2D eigenvalue weighted by Gasteiger charge is 2.58. The molecule has 12 heteroatoms. The van der Waals surface area contributed by atoms with Crippen LogP contribution in [0.2, 0.25) is 0 Å². The number of nitrogens with two attached hydrogens (primary N) is 1. The number of carbonyl (C=O) groups is 5. The molecular weight excluding hydrogens is 472 g/mol. The fourth-order valence-electron chi connectivity index (χ4n) is 4.04. The summed E-state index contributed by atoms with van der Waals surface area (Å²) < 4.78 is 10.2. The lowest BCUT2D eigenvalue weighted by Crippen LogP contribution is -2.77. The van der Waals surface area contributed by atoms with Crippen LogP contribution in [0.25, 0.3) is 0 Å². The highest BCUT2D eigenvalue weighted by Crippen LogP contribution is 2.40. The SMILES string of the molecule is CCCN1C(=O)N(c2ccccc2)C(N)C(NC(=O)O)(c2ccc(OC(C)=O)c(OC(C)=O)c2)C1=O. The maximum absolute atomic E-state index is 13.8. The van der Waals surface area contributed by atoms with Crippen molar-refractivity contribution in [2.45, 2.75) is 38.9 Å². The fourth-order valence-corrected chi connectivity index (χ4v) is 4.04. The topological polar surface area (TPSA) is 169 Å². The van der Waals surface area contributed by atoms with Crippen molar-refractivity contribution in [3.05, 3.63) is 54.1 Å². The van der Waals surface area contributed by atoms with Gasteiger partial charge in [-0.2, -0.15) is 0 Å². The summed E-state index contributed by atoms with van der Waals surface area (Å²) in [6.07, 6.45) is -2.74. The van der Waals surface area contributed by atoms with Crippen molar-refractivity contribution in [3.8, 4) is 11.5 Å². The van der Waals surface area contributed by atoms with E-state index in [0.29, 0.717) is 12.1 Å².